The second kappa shape index (κ2) is 8.24. The van der Waals surface area contributed by atoms with Crippen molar-refractivity contribution in [1.29, 1.82) is 0 Å². The maximum Gasteiger partial charge on any atom is 0.325 e. The van der Waals surface area contributed by atoms with E-state index in [1.165, 1.54) is 4.90 Å². The Morgan fingerprint density at radius 2 is 1.77 bits per heavy atom. The van der Waals surface area contributed by atoms with E-state index in [4.69, 9.17) is 9.47 Å². The molecule has 0 bridgehead atoms. The van der Waals surface area contributed by atoms with Crippen molar-refractivity contribution in [2.75, 3.05) is 44.1 Å². The highest BCUT2D eigenvalue weighted by Crippen LogP contribution is 2.32. The Hall–Kier alpha value is -3.88. The number of aromatic nitrogens is 2. The molecule has 0 atom stereocenters. The molecule has 2 aromatic carbocycles. The van der Waals surface area contributed by atoms with Gasteiger partial charge in [-0.15, -0.1) is 0 Å². The molecule has 1 fully saturated rings. The molecule has 4 rings (SSSR count). The van der Waals surface area contributed by atoms with Gasteiger partial charge in [-0.25, -0.2) is 4.79 Å². The summed E-state index contributed by atoms with van der Waals surface area (Å²) in [6.45, 7) is 0.887. The summed E-state index contributed by atoms with van der Waals surface area (Å²) in [5.41, 5.74) is 2.73. The number of fused-ring (bicyclic) bond motifs is 1. The number of methoxy groups -OCH3 is 2. The monoisotopic (exact) mass is 407 g/mol. The van der Waals surface area contributed by atoms with E-state index in [-0.39, 0.29) is 18.5 Å². The normalized spacial score (nSPS) is 13.6. The third-order valence-corrected chi connectivity index (χ3v) is 4.86. The van der Waals surface area contributed by atoms with Crippen molar-refractivity contribution < 1.29 is 19.1 Å². The zero-order chi connectivity index (χ0) is 21.1. The summed E-state index contributed by atoms with van der Waals surface area (Å²) in [6, 6.07) is 10.4. The van der Waals surface area contributed by atoms with E-state index in [0.717, 1.165) is 5.52 Å². The number of urea groups is 1. The van der Waals surface area contributed by atoms with Crippen molar-refractivity contribution >= 4 is 34.3 Å². The summed E-state index contributed by atoms with van der Waals surface area (Å²) < 4.78 is 10.5. The van der Waals surface area contributed by atoms with Crippen LogP contribution in [0.25, 0.3) is 11.0 Å². The number of amides is 3. The molecule has 0 radical (unpaired) electrons. The molecule has 0 spiro atoms. The van der Waals surface area contributed by atoms with Gasteiger partial charge in [-0.3, -0.25) is 19.7 Å². The zero-order valence-corrected chi connectivity index (χ0v) is 16.7. The Labute approximate surface area is 173 Å². The number of ether oxygens (including phenoxy) is 2. The maximum absolute atomic E-state index is 12.8. The van der Waals surface area contributed by atoms with Gasteiger partial charge in [-0.05, 0) is 30.3 Å². The van der Waals surface area contributed by atoms with Crippen molar-refractivity contribution in [1.82, 2.24) is 14.9 Å². The molecule has 3 aromatic rings. The average molecular weight is 407 g/mol. The van der Waals surface area contributed by atoms with Gasteiger partial charge in [-0.2, -0.15) is 0 Å². The van der Waals surface area contributed by atoms with Crippen LogP contribution in [0.5, 0.6) is 11.5 Å². The average Bonchev–Trinajstić information content (AvgIpc) is 3.13. The highest BCUT2D eigenvalue weighted by molar-refractivity contribution is 6.00. The van der Waals surface area contributed by atoms with Crippen molar-refractivity contribution in [2.45, 2.75) is 0 Å². The number of nitrogens with one attached hydrogen (secondary N) is 1. The van der Waals surface area contributed by atoms with Crippen LogP contribution in [0.1, 0.15) is 0 Å². The summed E-state index contributed by atoms with van der Waals surface area (Å²) >= 11 is 0. The van der Waals surface area contributed by atoms with E-state index in [2.05, 4.69) is 15.3 Å². The van der Waals surface area contributed by atoms with Crippen molar-refractivity contribution in [2.24, 2.45) is 0 Å². The van der Waals surface area contributed by atoms with Crippen LogP contribution in [0.2, 0.25) is 0 Å². The summed E-state index contributed by atoms with van der Waals surface area (Å²) in [7, 11) is 3.10. The maximum atomic E-state index is 12.8. The molecule has 0 saturated carbocycles. The number of carbonyl (C=O) groups is 2. The first kappa shape index (κ1) is 19.4. The van der Waals surface area contributed by atoms with Crippen LogP contribution in [0, 0.1) is 0 Å². The molecule has 1 aliphatic rings. The standard InChI is InChI=1S/C21H21N5O4/c1-29-18-6-4-15(12-19(18)30-2)26-10-9-25(21(26)28)13-20(27)24-14-3-5-16-17(11-14)23-8-7-22-16/h3-8,11-12H,9-10,13H2,1-2H3,(H,24,27). The Kier molecular flexibility index (Phi) is 5.34. The van der Waals surface area contributed by atoms with Gasteiger partial charge < -0.3 is 19.7 Å². The molecule has 30 heavy (non-hydrogen) atoms. The van der Waals surface area contributed by atoms with Gasteiger partial charge in [0.1, 0.15) is 6.54 Å². The highest BCUT2D eigenvalue weighted by atomic mass is 16.5. The van der Waals surface area contributed by atoms with E-state index in [1.54, 1.807) is 67.9 Å². The van der Waals surface area contributed by atoms with Gasteiger partial charge >= 0.3 is 6.03 Å². The molecule has 2 heterocycles. The summed E-state index contributed by atoms with van der Waals surface area (Å²) in [5, 5.41) is 2.81. The molecule has 1 aliphatic heterocycles. The third-order valence-electron chi connectivity index (χ3n) is 4.86. The van der Waals surface area contributed by atoms with Crippen LogP contribution in [0.4, 0.5) is 16.2 Å². The first-order valence-electron chi connectivity index (χ1n) is 9.38. The number of carbonyl (C=O) groups excluding carboxylic acids is 2. The molecule has 0 unspecified atom stereocenters. The van der Waals surface area contributed by atoms with Gasteiger partial charge in [-0.1, -0.05) is 0 Å². The number of anilines is 2. The molecule has 1 N–H and O–H groups in total. The molecular weight excluding hydrogens is 386 g/mol. The van der Waals surface area contributed by atoms with Crippen molar-refractivity contribution in [3.8, 4) is 11.5 Å². The molecule has 0 aliphatic carbocycles. The molecule has 1 saturated heterocycles. The van der Waals surface area contributed by atoms with Crippen LogP contribution in [-0.4, -0.2) is 60.7 Å². The fourth-order valence-corrected chi connectivity index (χ4v) is 3.38. The van der Waals surface area contributed by atoms with Crippen LogP contribution in [-0.2, 0) is 4.79 Å². The fraction of sp³-hybridized carbons (Fsp3) is 0.238. The summed E-state index contributed by atoms with van der Waals surface area (Å²) in [5.74, 6) is 0.850. The predicted molar refractivity (Wildman–Crippen MR) is 112 cm³/mol. The van der Waals surface area contributed by atoms with Crippen LogP contribution >= 0.6 is 0 Å². The molecule has 9 nitrogen and oxygen atoms in total. The third kappa shape index (κ3) is 3.82. The topological polar surface area (TPSA) is 96.9 Å². The van der Waals surface area contributed by atoms with E-state index < -0.39 is 0 Å². The minimum Gasteiger partial charge on any atom is -0.493 e. The lowest BCUT2D eigenvalue weighted by Gasteiger charge is -2.19. The SMILES string of the molecule is COc1ccc(N2CCN(CC(=O)Nc3ccc4nccnc4c3)C2=O)cc1OC. The second-order valence-corrected chi connectivity index (χ2v) is 6.70. The van der Waals surface area contributed by atoms with E-state index in [1.807, 2.05) is 0 Å². The quantitative estimate of drug-likeness (QED) is 0.675. The molecular formula is C21H21N5O4. The number of hydrogen-bond donors (Lipinski definition) is 1. The first-order valence-corrected chi connectivity index (χ1v) is 9.38. The molecule has 154 valence electrons. The van der Waals surface area contributed by atoms with Crippen molar-refractivity contribution in [3.05, 3.63) is 48.8 Å². The predicted octanol–water partition coefficient (Wildman–Crippen LogP) is 2.53. The smallest absolute Gasteiger partial charge is 0.325 e. The van der Waals surface area contributed by atoms with E-state index in [9.17, 15) is 9.59 Å². The van der Waals surface area contributed by atoms with Gasteiger partial charge in [0.15, 0.2) is 11.5 Å². The van der Waals surface area contributed by atoms with Gasteiger partial charge in [0.2, 0.25) is 5.91 Å². The number of rotatable bonds is 6. The summed E-state index contributed by atoms with van der Waals surface area (Å²) in [4.78, 5) is 36.8. The minimum absolute atomic E-state index is 0.0405. The number of hydrogen-bond acceptors (Lipinski definition) is 6. The van der Waals surface area contributed by atoms with Crippen LogP contribution < -0.4 is 19.7 Å². The lowest BCUT2D eigenvalue weighted by Crippen LogP contribution is -2.37. The Morgan fingerprint density at radius 1 is 1.00 bits per heavy atom. The lowest BCUT2D eigenvalue weighted by molar-refractivity contribution is -0.116. The fourth-order valence-electron chi connectivity index (χ4n) is 3.38. The molecule has 9 heteroatoms. The molecule has 3 amide bonds. The zero-order valence-electron chi connectivity index (χ0n) is 16.7. The highest BCUT2D eigenvalue weighted by Gasteiger charge is 2.31. The van der Waals surface area contributed by atoms with Gasteiger partial charge in [0, 0.05) is 42.9 Å². The van der Waals surface area contributed by atoms with E-state index >= 15 is 0 Å². The van der Waals surface area contributed by atoms with Crippen LogP contribution in [0.3, 0.4) is 0 Å². The second-order valence-electron chi connectivity index (χ2n) is 6.70. The number of nitrogens with zero attached hydrogens (tertiary/aromatic N) is 4. The Bertz CT molecular complexity index is 1100. The Morgan fingerprint density at radius 3 is 2.53 bits per heavy atom. The van der Waals surface area contributed by atoms with Gasteiger partial charge in [0.25, 0.3) is 0 Å². The first-order chi connectivity index (χ1) is 14.6. The molecule has 1 aromatic heterocycles. The Balaban J connectivity index is 1.41. The van der Waals surface area contributed by atoms with Crippen LogP contribution in [0.15, 0.2) is 48.8 Å². The number of benzene rings is 2. The largest absolute Gasteiger partial charge is 0.493 e. The van der Waals surface area contributed by atoms with Gasteiger partial charge in [0.05, 0.1) is 25.3 Å². The van der Waals surface area contributed by atoms with Crippen molar-refractivity contribution in [3.63, 3.8) is 0 Å². The minimum atomic E-state index is -0.277. The summed E-state index contributed by atoms with van der Waals surface area (Å²) in [6.07, 6.45) is 3.21. The van der Waals surface area contributed by atoms with E-state index in [0.29, 0.717) is 41.5 Å². The lowest BCUT2D eigenvalue weighted by atomic mass is 10.2.